The van der Waals surface area contributed by atoms with Crippen molar-refractivity contribution in [1.82, 2.24) is 0 Å². The van der Waals surface area contributed by atoms with Crippen LogP contribution in [0.2, 0.25) is 0 Å². The van der Waals surface area contributed by atoms with Gasteiger partial charge in [-0.1, -0.05) is 39.0 Å². The number of ether oxygens (including phenoxy) is 2. The van der Waals surface area contributed by atoms with Crippen LogP contribution in [0.25, 0.3) is 0 Å². The van der Waals surface area contributed by atoms with Gasteiger partial charge in [0.1, 0.15) is 23.4 Å². The van der Waals surface area contributed by atoms with E-state index in [4.69, 9.17) is 14.7 Å². The van der Waals surface area contributed by atoms with Gasteiger partial charge in [0, 0.05) is 6.07 Å². The van der Waals surface area contributed by atoms with Gasteiger partial charge in [-0.05, 0) is 98.6 Å². The van der Waals surface area contributed by atoms with Gasteiger partial charge in [-0.3, -0.25) is 0 Å². The minimum atomic E-state index is -0.713. The molecule has 0 radical (unpaired) electrons. The lowest BCUT2D eigenvalue weighted by Crippen LogP contribution is -2.27. The summed E-state index contributed by atoms with van der Waals surface area (Å²) in [5.74, 6) is 2.94. The number of nitrogens with zero attached hydrogens (tertiary/aromatic N) is 1. The van der Waals surface area contributed by atoms with Crippen LogP contribution >= 0.6 is 0 Å². The Kier molecular flexibility index (Phi) is 9.39. The number of unbranched alkanes of at least 4 members (excludes halogenated alkanes) is 1. The van der Waals surface area contributed by atoms with Crippen LogP contribution in [0.5, 0.6) is 11.5 Å². The van der Waals surface area contributed by atoms with Crippen molar-refractivity contribution in [2.45, 2.75) is 77.6 Å². The fraction of sp³-hybridized carbons (Fsp3) is 0.548. The van der Waals surface area contributed by atoms with E-state index in [0.29, 0.717) is 18.1 Å². The van der Waals surface area contributed by atoms with Gasteiger partial charge in [0.2, 0.25) is 0 Å². The number of hydrogen-bond donors (Lipinski definition) is 0. The minimum Gasteiger partial charge on any atom is -0.493 e. The maximum absolute atomic E-state index is 13.7. The highest BCUT2D eigenvalue weighted by Gasteiger charge is 2.30. The van der Waals surface area contributed by atoms with Crippen molar-refractivity contribution < 1.29 is 18.7 Å². The number of rotatable bonds is 9. The highest BCUT2D eigenvalue weighted by molar-refractivity contribution is 5.91. The van der Waals surface area contributed by atoms with E-state index in [1.807, 2.05) is 0 Å². The molecule has 2 aromatic rings. The molecule has 4 nitrogen and oxygen atoms in total. The fourth-order valence-corrected chi connectivity index (χ4v) is 5.98. The van der Waals surface area contributed by atoms with Crippen LogP contribution in [0.4, 0.5) is 4.39 Å². The molecule has 0 heterocycles. The number of nitriles is 1. The Morgan fingerprint density at radius 2 is 1.53 bits per heavy atom. The van der Waals surface area contributed by atoms with Gasteiger partial charge < -0.3 is 9.47 Å². The Morgan fingerprint density at radius 3 is 2.11 bits per heavy atom. The molecule has 36 heavy (non-hydrogen) atoms. The molecule has 0 spiro atoms. The van der Waals surface area contributed by atoms with Gasteiger partial charge in [0.15, 0.2) is 0 Å². The van der Waals surface area contributed by atoms with E-state index in [1.54, 1.807) is 30.3 Å². The minimum absolute atomic E-state index is 0.0666. The lowest BCUT2D eigenvalue weighted by Gasteiger charge is -2.37. The second-order valence-electron chi connectivity index (χ2n) is 10.7. The SMILES string of the molecule is CCCCC1CCC(C2CCC(COc3ccc(C(=O)Oc4ccc(C#N)c(F)c4)cc3)CC2)CC1. The maximum atomic E-state index is 13.7. The summed E-state index contributed by atoms with van der Waals surface area (Å²) < 4.78 is 25.0. The van der Waals surface area contributed by atoms with Crippen LogP contribution in [0, 0.1) is 40.8 Å². The second-order valence-corrected chi connectivity index (χ2v) is 10.7. The molecule has 192 valence electrons. The molecule has 4 rings (SSSR count). The number of hydrogen-bond acceptors (Lipinski definition) is 4. The number of esters is 1. The molecule has 0 saturated heterocycles. The summed E-state index contributed by atoms with van der Waals surface area (Å²) >= 11 is 0. The van der Waals surface area contributed by atoms with Crippen molar-refractivity contribution in [3.05, 3.63) is 59.4 Å². The summed E-state index contributed by atoms with van der Waals surface area (Å²) in [6.45, 7) is 3.01. The molecule has 2 aliphatic rings. The first kappa shape index (κ1) is 26.2. The Hall–Kier alpha value is -2.87. The van der Waals surface area contributed by atoms with Gasteiger partial charge in [0.05, 0.1) is 17.7 Å². The zero-order valence-electron chi connectivity index (χ0n) is 21.4. The van der Waals surface area contributed by atoms with Crippen molar-refractivity contribution >= 4 is 5.97 Å². The third-order valence-corrected chi connectivity index (χ3v) is 8.26. The van der Waals surface area contributed by atoms with Crippen LogP contribution in [-0.2, 0) is 0 Å². The molecular weight excluding hydrogens is 453 g/mol. The third kappa shape index (κ3) is 7.09. The highest BCUT2D eigenvalue weighted by Crippen LogP contribution is 2.42. The monoisotopic (exact) mass is 491 g/mol. The van der Waals surface area contributed by atoms with E-state index >= 15 is 0 Å². The number of carbonyl (C=O) groups is 1. The molecule has 0 aromatic heterocycles. The van der Waals surface area contributed by atoms with Crippen LogP contribution < -0.4 is 9.47 Å². The first-order valence-corrected chi connectivity index (χ1v) is 13.7. The Labute approximate surface area is 214 Å². The van der Waals surface area contributed by atoms with E-state index in [-0.39, 0.29) is 11.3 Å². The lowest BCUT2D eigenvalue weighted by atomic mass is 9.69. The van der Waals surface area contributed by atoms with Gasteiger partial charge in [-0.15, -0.1) is 0 Å². The van der Waals surface area contributed by atoms with Crippen molar-refractivity contribution in [3.63, 3.8) is 0 Å². The quantitative estimate of drug-likeness (QED) is 0.263. The standard InChI is InChI=1S/C31H38FNO3/c1-2-3-4-22-5-9-24(10-6-22)25-11-7-23(8-12-25)21-35-28-16-13-26(14-17-28)31(34)36-29-18-15-27(20-33)30(32)19-29/h13-19,22-25H,2-12,21H2,1H3. The Bertz CT molecular complexity index is 1030. The van der Waals surface area contributed by atoms with Crippen molar-refractivity contribution in [2.24, 2.45) is 23.7 Å². The van der Waals surface area contributed by atoms with Gasteiger partial charge in [0.25, 0.3) is 0 Å². The zero-order chi connectivity index (χ0) is 25.3. The average Bonchev–Trinajstić information content (AvgIpc) is 2.92. The summed E-state index contributed by atoms with van der Waals surface area (Å²) in [5.41, 5.74) is 0.270. The van der Waals surface area contributed by atoms with Gasteiger partial charge in [-0.2, -0.15) is 5.26 Å². The number of carbonyl (C=O) groups excluding carboxylic acids is 1. The van der Waals surface area contributed by atoms with Crippen LogP contribution in [0.3, 0.4) is 0 Å². The fourth-order valence-electron chi connectivity index (χ4n) is 5.98. The molecule has 2 aliphatic carbocycles. The Morgan fingerprint density at radius 1 is 0.917 bits per heavy atom. The summed E-state index contributed by atoms with van der Waals surface area (Å²) in [7, 11) is 0. The number of halogens is 1. The molecular formula is C31H38FNO3. The molecule has 5 heteroatoms. The lowest BCUT2D eigenvalue weighted by molar-refractivity contribution is 0.0734. The molecule has 0 atom stereocenters. The van der Waals surface area contributed by atoms with E-state index in [1.165, 1.54) is 82.8 Å². The normalized spacial score (nSPS) is 24.0. The summed E-state index contributed by atoms with van der Waals surface area (Å²) in [6, 6.07) is 12.4. The number of benzene rings is 2. The highest BCUT2D eigenvalue weighted by atomic mass is 19.1. The zero-order valence-corrected chi connectivity index (χ0v) is 21.4. The van der Waals surface area contributed by atoms with E-state index in [2.05, 4.69) is 6.92 Å². The smallest absolute Gasteiger partial charge is 0.343 e. The van der Waals surface area contributed by atoms with E-state index in [9.17, 15) is 9.18 Å². The summed E-state index contributed by atoms with van der Waals surface area (Å²) in [4.78, 5) is 12.4. The predicted octanol–water partition coefficient (Wildman–Crippen LogP) is 8.10. The van der Waals surface area contributed by atoms with Crippen molar-refractivity contribution in [3.8, 4) is 17.6 Å². The molecule has 0 aliphatic heterocycles. The molecule has 2 fully saturated rings. The van der Waals surface area contributed by atoms with Crippen LogP contribution in [-0.4, -0.2) is 12.6 Å². The second kappa shape index (κ2) is 12.9. The first-order chi connectivity index (χ1) is 17.6. The Balaban J connectivity index is 1.17. The van der Waals surface area contributed by atoms with E-state index < -0.39 is 11.8 Å². The summed E-state index contributed by atoms with van der Waals surface area (Å²) in [5, 5.41) is 8.81. The van der Waals surface area contributed by atoms with Crippen molar-refractivity contribution in [2.75, 3.05) is 6.61 Å². The molecule has 2 saturated carbocycles. The van der Waals surface area contributed by atoms with Crippen LogP contribution in [0.15, 0.2) is 42.5 Å². The summed E-state index contributed by atoms with van der Waals surface area (Å²) in [6.07, 6.45) is 15.1. The van der Waals surface area contributed by atoms with Crippen LogP contribution in [0.1, 0.15) is 93.5 Å². The predicted molar refractivity (Wildman–Crippen MR) is 138 cm³/mol. The third-order valence-electron chi connectivity index (χ3n) is 8.26. The average molecular weight is 492 g/mol. The molecule has 0 unspecified atom stereocenters. The molecule has 0 amide bonds. The van der Waals surface area contributed by atoms with Gasteiger partial charge >= 0.3 is 5.97 Å². The molecule has 2 aromatic carbocycles. The van der Waals surface area contributed by atoms with Crippen molar-refractivity contribution in [1.29, 1.82) is 5.26 Å². The maximum Gasteiger partial charge on any atom is 0.343 e. The molecule has 0 N–H and O–H groups in total. The van der Waals surface area contributed by atoms with E-state index in [0.717, 1.165) is 29.6 Å². The first-order valence-electron chi connectivity index (χ1n) is 13.7. The molecule has 0 bridgehead atoms. The topological polar surface area (TPSA) is 59.3 Å². The van der Waals surface area contributed by atoms with Gasteiger partial charge in [-0.25, -0.2) is 9.18 Å². The largest absolute Gasteiger partial charge is 0.493 e.